The summed E-state index contributed by atoms with van der Waals surface area (Å²) in [6.45, 7) is 3.08. The van der Waals surface area contributed by atoms with E-state index in [0.717, 1.165) is 12.8 Å². The van der Waals surface area contributed by atoms with Crippen molar-refractivity contribution >= 4 is 27.1 Å². The summed E-state index contributed by atoms with van der Waals surface area (Å²) >= 11 is 0. The lowest BCUT2D eigenvalue weighted by Gasteiger charge is -2.17. The highest BCUT2D eigenvalue weighted by Gasteiger charge is 2.23. The fourth-order valence-corrected chi connectivity index (χ4v) is 4.78. The van der Waals surface area contributed by atoms with Gasteiger partial charge in [-0.15, -0.1) is 0 Å². The van der Waals surface area contributed by atoms with Crippen LogP contribution in [0.3, 0.4) is 0 Å². The molecule has 0 aliphatic carbocycles. The van der Waals surface area contributed by atoms with Crippen LogP contribution < -0.4 is 20.8 Å². The molecule has 1 aromatic heterocycles. The summed E-state index contributed by atoms with van der Waals surface area (Å²) in [6.07, 6.45) is 1.47. The van der Waals surface area contributed by atoms with Crippen LogP contribution in [-0.4, -0.2) is 39.5 Å². The lowest BCUT2D eigenvalue weighted by molar-refractivity contribution is 0.163. The number of aryl methyl sites for hydroxylation is 1. The third-order valence-electron chi connectivity index (χ3n) is 5.86. The molecule has 3 N–H and O–H groups in total. The number of likely N-dealkylation sites (tertiary alicyclic amines) is 1. The maximum Gasteiger partial charge on any atom is 0.415 e. The fraction of sp³-hybridized carbons (Fsp3) is 0.304. The Balaban J connectivity index is 1.69. The Morgan fingerprint density at radius 1 is 1.18 bits per heavy atom. The van der Waals surface area contributed by atoms with Gasteiger partial charge in [-0.3, -0.25) is 0 Å². The number of nitrogens with zero attached hydrogens (tertiary/aromatic N) is 1. The fourth-order valence-electron chi connectivity index (χ4n) is 4.00. The van der Waals surface area contributed by atoms with Gasteiger partial charge in [-0.05, 0) is 62.2 Å². The van der Waals surface area contributed by atoms with Crippen molar-refractivity contribution in [3.8, 4) is 5.75 Å². The number of nitrogens with two attached hydrogens (primary N) is 1. The Morgan fingerprint density at radius 3 is 2.61 bits per heavy atom. The highest BCUT2D eigenvalue weighted by atomic mass is 32.2. The van der Waals surface area contributed by atoms with Gasteiger partial charge >= 0.3 is 11.7 Å². The van der Waals surface area contributed by atoms with Crippen molar-refractivity contribution in [3.63, 3.8) is 0 Å². The van der Waals surface area contributed by atoms with Gasteiger partial charge in [-0.1, -0.05) is 12.1 Å². The molecule has 10 heteroatoms. The van der Waals surface area contributed by atoms with Gasteiger partial charge < -0.3 is 19.8 Å². The Kier molecular flexibility index (Phi) is 6.24. The molecule has 1 saturated heterocycles. The molecule has 0 spiro atoms. The van der Waals surface area contributed by atoms with Crippen molar-refractivity contribution in [1.29, 1.82) is 0 Å². The number of nitrogens with one attached hydrogen (secondary N) is 1. The molecule has 1 atom stereocenters. The molecule has 33 heavy (non-hydrogen) atoms. The first kappa shape index (κ1) is 23.0. The van der Waals surface area contributed by atoms with Crippen molar-refractivity contribution in [2.75, 3.05) is 20.1 Å². The molecular weight excluding hydrogens is 446 g/mol. The Hall–Kier alpha value is -3.21. The number of carbonyl (C=O) groups is 1. The first-order valence-electron chi connectivity index (χ1n) is 10.5. The van der Waals surface area contributed by atoms with Crippen molar-refractivity contribution in [2.45, 2.75) is 30.7 Å². The average molecular weight is 472 g/mol. The van der Waals surface area contributed by atoms with E-state index >= 15 is 0 Å². The second-order valence-corrected chi connectivity index (χ2v) is 9.79. The van der Waals surface area contributed by atoms with Crippen molar-refractivity contribution in [2.24, 2.45) is 5.73 Å². The first-order chi connectivity index (χ1) is 15.7. The summed E-state index contributed by atoms with van der Waals surface area (Å²) in [5.74, 6) is 0.281. The summed E-state index contributed by atoms with van der Waals surface area (Å²) in [5, 5.41) is 0.639. The van der Waals surface area contributed by atoms with Crippen LogP contribution in [0.5, 0.6) is 5.75 Å². The molecule has 1 fully saturated rings. The number of benzene rings is 2. The molecule has 2 heterocycles. The number of ether oxygens (including phenoxy) is 1. The van der Waals surface area contributed by atoms with Crippen LogP contribution in [0.25, 0.3) is 11.0 Å². The van der Waals surface area contributed by atoms with Gasteiger partial charge in [0.1, 0.15) is 11.3 Å². The van der Waals surface area contributed by atoms with Gasteiger partial charge in [0.25, 0.3) is 0 Å². The lowest BCUT2D eigenvalue weighted by atomic mass is 9.95. The first-order valence-corrected chi connectivity index (χ1v) is 12.0. The minimum absolute atomic E-state index is 0.0465. The average Bonchev–Trinajstić information content (AvgIpc) is 3.34. The van der Waals surface area contributed by atoms with Crippen molar-refractivity contribution in [3.05, 3.63) is 69.6 Å². The highest BCUT2D eigenvalue weighted by Crippen LogP contribution is 2.29. The van der Waals surface area contributed by atoms with Crippen LogP contribution in [0.2, 0.25) is 0 Å². The van der Waals surface area contributed by atoms with Crippen LogP contribution in [0.4, 0.5) is 4.79 Å². The minimum Gasteiger partial charge on any atom is -0.422 e. The third kappa shape index (κ3) is 4.50. The second kappa shape index (κ2) is 8.97. The molecule has 0 saturated carbocycles. The van der Waals surface area contributed by atoms with Crippen molar-refractivity contribution < 1.29 is 22.4 Å². The number of fused-ring (bicyclic) bond motifs is 1. The SMILES string of the molecule is CNS(=O)(=O)c1cccc(C(N)c2c(C)c3ccc(OC(=O)N4CCCC4)cc3oc2=O)c1. The molecule has 2 aromatic carbocycles. The summed E-state index contributed by atoms with van der Waals surface area (Å²) in [7, 11) is -2.34. The monoisotopic (exact) mass is 471 g/mol. The predicted octanol–water partition coefficient (Wildman–Crippen LogP) is 2.65. The van der Waals surface area contributed by atoms with E-state index in [1.807, 2.05) is 0 Å². The van der Waals surface area contributed by atoms with E-state index in [-0.39, 0.29) is 21.8 Å². The largest absolute Gasteiger partial charge is 0.422 e. The van der Waals surface area contributed by atoms with Gasteiger partial charge in [0.05, 0.1) is 16.5 Å². The van der Waals surface area contributed by atoms with Crippen LogP contribution in [0.15, 0.2) is 56.6 Å². The second-order valence-electron chi connectivity index (χ2n) is 7.91. The van der Waals surface area contributed by atoms with E-state index in [2.05, 4.69) is 4.72 Å². The van der Waals surface area contributed by atoms with Gasteiger partial charge in [-0.25, -0.2) is 22.7 Å². The quantitative estimate of drug-likeness (QED) is 0.547. The third-order valence-corrected chi connectivity index (χ3v) is 7.27. The topological polar surface area (TPSA) is 132 Å². The number of rotatable bonds is 5. The molecule has 1 aliphatic rings. The maximum absolute atomic E-state index is 12.9. The number of amides is 1. The van der Waals surface area contributed by atoms with Gasteiger partial charge in [0, 0.05) is 24.5 Å². The molecular formula is C23H25N3O6S. The van der Waals surface area contributed by atoms with Crippen LogP contribution in [0, 0.1) is 6.92 Å². The van der Waals surface area contributed by atoms with Crippen molar-refractivity contribution in [1.82, 2.24) is 9.62 Å². The van der Waals surface area contributed by atoms with Gasteiger partial charge in [0.15, 0.2) is 0 Å². The van der Waals surface area contributed by atoms with E-state index in [0.29, 0.717) is 29.6 Å². The standard InChI is InChI=1S/C23H25N3O6S/c1-14-18-9-8-16(31-23(28)26-10-3-4-11-26)13-19(18)32-22(27)20(14)21(24)15-6-5-7-17(12-15)33(29,30)25-2/h5-9,12-13,21,25H,3-4,10-11,24H2,1-2H3. The zero-order valence-corrected chi connectivity index (χ0v) is 19.1. The molecule has 1 unspecified atom stereocenters. The number of hydrogen-bond acceptors (Lipinski definition) is 7. The van der Waals surface area contributed by atoms with E-state index in [1.165, 1.54) is 25.2 Å². The van der Waals surface area contributed by atoms with E-state index in [1.54, 1.807) is 36.1 Å². The molecule has 0 bridgehead atoms. The number of carbonyl (C=O) groups excluding carboxylic acids is 1. The summed E-state index contributed by atoms with van der Waals surface area (Å²) in [4.78, 5) is 26.8. The number of hydrogen-bond donors (Lipinski definition) is 2. The van der Waals surface area contributed by atoms with Gasteiger partial charge in [0.2, 0.25) is 10.0 Å². The summed E-state index contributed by atoms with van der Waals surface area (Å²) < 4.78 is 37.5. The zero-order valence-electron chi connectivity index (χ0n) is 18.3. The molecule has 1 amide bonds. The summed E-state index contributed by atoms with van der Waals surface area (Å²) in [6, 6.07) is 10.1. The predicted molar refractivity (Wildman–Crippen MR) is 123 cm³/mol. The minimum atomic E-state index is -3.66. The highest BCUT2D eigenvalue weighted by molar-refractivity contribution is 7.89. The van der Waals surface area contributed by atoms with E-state index in [9.17, 15) is 18.0 Å². The Labute approximate surface area is 191 Å². The molecule has 174 valence electrons. The normalized spacial score (nSPS) is 15.1. The maximum atomic E-state index is 12.9. The van der Waals surface area contributed by atoms with E-state index < -0.39 is 27.8 Å². The van der Waals surface area contributed by atoms with E-state index in [4.69, 9.17) is 14.9 Å². The van der Waals surface area contributed by atoms with Crippen LogP contribution >= 0.6 is 0 Å². The molecule has 1 aliphatic heterocycles. The Bertz CT molecular complexity index is 1380. The zero-order chi connectivity index (χ0) is 23.8. The molecule has 0 radical (unpaired) electrons. The smallest absolute Gasteiger partial charge is 0.415 e. The number of sulfonamides is 1. The lowest BCUT2D eigenvalue weighted by Crippen LogP contribution is -2.30. The summed E-state index contributed by atoms with van der Waals surface area (Å²) in [5.41, 5.74) is 7.29. The van der Waals surface area contributed by atoms with Gasteiger partial charge in [-0.2, -0.15) is 0 Å². The van der Waals surface area contributed by atoms with Crippen LogP contribution in [0.1, 0.15) is 35.6 Å². The van der Waals surface area contributed by atoms with Crippen LogP contribution in [-0.2, 0) is 10.0 Å². The molecule has 9 nitrogen and oxygen atoms in total. The molecule has 3 aromatic rings. The Morgan fingerprint density at radius 2 is 1.91 bits per heavy atom. The molecule has 4 rings (SSSR count).